The van der Waals surface area contributed by atoms with Crippen molar-refractivity contribution in [3.05, 3.63) is 59.9 Å². The highest BCUT2D eigenvalue weighted by molar-refractivity contribution is 7.93. The minimum atomic E-state index is -4.03. The van der Waals surface area contributed by atoms with Crippen molar-refractivity contribution in [1.29, 1.82) is 0 Å². The molecule has 6 nitrogen and oxygen atoms in total. The van der Waals surface area contributed by atoms with E-state index in [-0.39, 0.29) is 12.1 Å². The molecule has 0 fully saturated rings. The Balaban J connectivity index is 2.06. The van der Waals surface area contributed by atoms with Crippen LogP contribution >= 0.6 is 0 Å². The average Bonchev–Trinajstić information content (AvgIpc) is 2.56. The van der Waals surface area contributed by atoms with Gasteiger partial charge in [0, 0.05) is 11.4 Å². The van der Waals surface area contributed by atoms with Crippen molar-refractivity contribution in [2.45, 2.75) is 25.5 Å². The molecule has 0 radical (unpaired) electrons. The summed E-state index contributed by atoms with van der Waals surface area (Å²) < 4.78 is 38.0. The highest BCUT2D eigenvalue weighted by Crippen LogP contribution is 2.15. The molecule has 144 valence electrons. The van der Waals surface area contributed by atoms with E-state index < -0.39 is 38.5 Å². The van der Waals surface area contributed by atoms with Crippen LogP contribution in [0.2, 0.25) is 0 Å². The van der Waals surface area contributed by atoms with Gasteiger partial charge in [-0.1, -0.05) is 19.1 Å². The van der Waals surface area contributed by atoms with Crippen molar-refractivity contribution in [3.63, 3.8) is 0 Å². The first-order chi connectivity index (χ1) is 12.7. The summed E-state index contributed by atoms with van der Waals surface area (Å²) in [6, 6.07) is 11.9. The smallest absolute Gasteiger partial charge is 0.242 e. The first-order valence-corrected chi connectivity index (χ1v) is 10.1. The number of nitrogens with one attached hydrogen (secondary N) is 2. The molecule has 0 spiro atoms. The van der Waals surface area contributed by atoms with Crippen LogP contribution in [-0.4, -0.2) is 31.2 Å². The molecule has 0 heterocycles. The molecular formula is C19H21FN2O4S. The quantitative estimate of drug-likeness (QED) is 0.758. The second-order valence-corrected chi connectivity index (χ2v) is 8.30. The standard InChI is InChI=1S/C19H21FN2O4S/c1-3-17(19(24)22-16-6-4-5-13(2)11-16)27(25,26)12-18(23)21-15-9-7-14(20)8-10-15/h4-11,17H,3,12H2,1-2H3,(H,21,23)(H,22,24). The maximum atomic E-state index is 12.9. The molecule has 0 aliphatic carbocycles. The molecule has 0 saturated carbocycles. The van der Waals surface area contributed by atoms with Gasteiger partial charge in [0.1, 0.15) is 16.8 Å². The molecular weight excluding hydrogens is 371 g/mol. The van der Waals surface area contributed by atoms with E-state index in [9.17, 15) is 22.4 Å². The van der Waals surface area contributed by atoms with Gasteiger partial charge in [-0.25, -0.2) is 12.8 Å². The maximum Gasteiger partial charge on any atom is 0.242 e. The third kappa shape index (κ3) is 5.89. The Morgan fingerprint density at radius 2 is 1.70 bits per heavy atom. The summed E-state index contributed by atoms with van der Waals surface area (Å²) in [5, 5.41) is 3.61. The van der Waals surface area contributed by atoms with Gasteiger partial charge in [-0.15, -0.1) is 0 Å². The first-order valence-electron chi connectivity index (χ1n) is 8.36. The first kappa shape index (κ1) is 20.6. The maximum absolute atomic E-state index is 12.9. The van der Waals surface area contributed by atoms with Gasteiger partial charge in [0.05, 0.1) is 0 Å². The summed E-state index contributed by atoms with van der Waals surface area (Å²) in [4.78, 5) is 24.5. The van der Waals surface area contributed by atoms with Crippen LogP contribution in [0.1, 0.15) is 18.9 Å². The number of halogens is 1. The van der Waals surface area contributed by atoms with Gasteiger partial charge in [-0.05, 0) is 55.3 Å². The zero-order chi connectivity index (χ0) is 20.0. The third-order valence-corrected chi connectivity index (χ3v) is 5.92. The zero-order valence-corrected chi connectivity index (χ0v) is 15.8. The summed E-state index contributed by atoms with van der Waals surface area (Å²) in [5.41, 5.74) is 1.68. The molecule has 8 heteroatoms. The Bertz CT molecular complexity index is 927. The van der Waals surface area contributed by atoms with Crippen LogP contribution in [0.4, 0.5) is 15.8 Å². The molecule has 0 bridgehead atoms. The molecule has 0 aromatic heterocycles. The number of amides is 2. The number of aryl methyl sites for hydroxylation is 1. The van der Waals surface area contributed by atoms with Gasteiger partial charge < -0.3 is 10.6 Å². The fraction of sp³-hybridized carbons (Fsp3) is 0.263. The molecule has 0 aliphatic rings. The van der Waals surface area contributed by atoms with E-state index in [1.165, 1.54) is 12.1 Å². The van der Waals surface area contributed by atoms with Crippen LogP contribution in [0.25, 0.3) is 0 Å². The lowest BCUT2D eigenvalue weighted by Crippen LogP contribution is -2.39. The highest BCUT2D eigenvalue weighted by Gasteiger charge is 2.33. The fourth-order valence-electron chi connectivity index (χ4n) is 2.56. The number of sulfone groups is 1. The summed E-state index contributed by atoms with van der Waals surface area (Å²) in [5.74, 6) is -2.79. The predicted molar refractivity (Wildman–Crippen MR) is 103 cm³/mol. The summed E-state index contributed by atoms with van der Waals surface area (Å²) in [7, 11) is -4.03. The number of anilines is 2. The van der Waals surface area contributed by atoms with Gasteiger partial charge in [-0.2, -0.15) is 0 Å². The summed E-state index contributed by atoms with van der Waals surface area (Å²) in [6.45, 7) is 3.42. The summed E-state index contributed by atoms with van der Waals surface area (Å²) >= 11 is 0. The predicted octanol–water partition coefficient (Wildman–Crippen LogP) is 2.90. The second-order valence-electron chi connectivity index (χ2n) is 6.12. The van der Waals surface area contributed by atoms with E-state index in [1.807, 2.05) is 13.0 Å². The molecule has 2 aromatic rings. The van der Waals surface area contributed by atoms with Crippen LogP contribution in [0.5, 0.6) is 0 Å². The van der Waals surface area contributed by atoms with Gasteiger partial charge >= 0.3 is 0 Å². The molecule has 1 unspecified atom stereocenters. The van der Waals surface area contributed by atoms with Crippen LogP contribution in [0.3, 0.4) is 0 Å². The van der Waals surface area contributed by atoms with Crippen LogP contribution in [-0.2, 0) is 19.4 Å². The highest BCUT2D eigenvalue weighted by atomic mass is 32.2. The summed E-state index contributed by atoms with van der Waals surface area (Å²) in [6.07, 6.45) is 0.0316. The number of hydrogen-bond acceptors (Lipinski definition) is 4. The van der Waals surface area contributed by atoms with Gasteiger partial charge in [0.2, 0.25) is 11.8 Å². The molecule has 2 rings (SSSR count). The van der Waals surface area contributed by atoms with E-state index in [1.54, 1.807) is 25.1 Å². The van der Waals surface area contributed by atoms with E-state index in [4.69, 9.17) is 0 Å². The van der Waals surface area contributed by atoms with Gasteiger partial charge in [0.15, 0.2) is 9.84 Å². The molecule has 27 heavy (non-hydrogen) atoms. The normalized spacial score (nSPS) is 12.3. The van der Waals surface area contributed by atoms with Crippen molar-refractivity contribution < 1.29 is 22.4 Å². The Hall–Kier alpha value is -2.74. The molecule has 0 saturated heterocycles. The Morgan fingerprint density at radius 1 is 1.04 bits per heavy atom. The number of carbonyl (C=O) groups is 2. The fourth-order valence-corrected chi connectivity index (χ4v) is 4.09. The number of carbonyl (C=O) groups excluding carboxylic acids is 2. The van der Waals surface area contributed by atoms with Crippen molar-refractivity contribution in [2.75, 3.05) is 16.4 Å². The topological polar surface area (TPSA) is 92.3 Å². The van der Waals surface area contributed by atoms with E-state index >= 15 is 0 Å². The molecule has 2 aromatic carbocycles. The number of hydrogen-bond donors (Lipinski definition) is 2. The minimum absolute atomic E-state index is 0.0316. The lowest BCUT2D eigenvalue weighted by Gasteiger charge is -2.16. The van der Waals surface area contributed by atoms with Crippen molar-refractivity contribution in [1.82, 2.24) is 0 Å². The van der Waals surface area contributed by atoms with E-state index in [2.05, 4.69) is 10.6 Å². The lowest BCUT2D eigenvalue weighted by molar-refractivity contribution is -0.115. The average molecular weight is 392 g/mol. The van der Waals surface area contributed by atoms with E-state index in [0.717, 1.165) is 17.7 Å². The van der Waals surface area contributed by atoms with Crippen LogP contribution in [0, 0.1) is 12.7 Å². The monoisotopic (exact) mass is 392 g/mol. The molecule has 1 atom stereocenters. The minimum Gasteiger partial charge on any atom is -0.325 e. The molecule has 0 aliphatic heterocycles. The van der Waals surface area contributed by atoms with Crippen LogP contribution in [0.15, 0.2) is 48.5 Å². The van der Waals surface area contributed by atoms with Gasteiger partial charge in [-0.3, -0.25) is 9.59 Å². The lowest BCUT2D eigenvalue weighted by atomic mass is 10.2. The number of rotatable bonds is 7. The number of benzene rings is 2. The largest absolute Gasteiger partial charge is 0.325 e. The second kappa shape index (κ2) is 8.77. The van der Waals surface area contributed by atoms with Crippen molar-refractivity contribution >= 4 is 33.0 Å². The Labute approximate surface area is 157 Å². The van der Waals surface area contributed by atoms with Crippen molar-refractivity contribution in [2.24, 2.45) is 0 Å². The molecule has 2 amide bonds. The SMILES string of the molecule is CCC(C(=O)Nc1cccc(C)c1)S(=O)(=O)CC(=O)Nc1ccc(F)cc1. The third-order valence-electron chi connectivity index (χ3n) is 3.84. The Kier molecular flexibility index (Phi) is 6.68. The zero-order valence-electron chi connectivity index (χ0n) is 15.0. The Morgan fingerprint density at radius 3 is 2.30 bits per heavy atom. The molecule has 2 N–H and O–H groups in total. The van der Waals surface area contributed by atoms with Crippen molar-refractivity contribution in [3.8, 4) is 0 Å². The van der Waals surface area contributed by atoms with Crippen LogP contribution < -0.4 is 10.6 Å². The van der Waals surface area contributed by atoms with Gasteiger partial charge in [0.25, 0.3) is 0 Å². The van der Waals surface area contributed by atoms with E-state index in [0.29, 0.717) is 5.69 Å².